The van der Waals surface area contributed by atoms with E-state index in [0.717, 1.165) is 28.5 Å². The first-order valence-electron chi connectivity index (χ1n) is 10.0. The van der Waals surface area contributed by atoms with Crippen LogP contribution in [0.4, 0.5) is 10.8 Å². The zero-order valence-electron chi connectivity index (χ0n) is 17.3. The monoisotopic (exact) mass is 486 g/mol. The maximum absolute atomic E-state index is 12.9. The molecule has 2 aromatic heterocycles. The number of thioether (sulfide) groups is 1. The molecule has 2 aromatic carbocycles. The van der Waals surface area contributed by atoms with Gasteiger partial charge in [0, 0.05) is 16.5 Å². The largest absolute Gasteiger partial charge is 0.422 e. The van der Waals surface area contributed by atoms with Crippen LogP contribution in [0.3, 0.4) is 0 Å². The molecular formula is C24H14N4O4S2. The second kappa shape index (κ2) is 8.97. The van der Waals surface area contributed by atoms with Gasteiger partial charge in [0.1, 0.15) is 22.3 Å². The Morgan fingerprint density at radius 2 is 1.88 bits per heavy atom. The SMILES string of the molecule is N#C/C(C(=O)Nc1nc(-c2cc3ccccc3oc2=O)cs1)=C1/SC(=O)CN1c1ccccc1. The third-order valence-electron chi connectivity index (χ3n) is 5.01. The number of amides is 1. The number of carbonyl (C=O) groups is 2. The van der Waals surface area contributed by atoms with E-state index in [9.17, 15) is 19.6 Å². The van der Waals surface area contributed by atoms with Crippen molar-refractivity contribution in [2.75, 3.05) is 16.8 Å². The van der Waals surface area contributed by atoms with Crippen molar-refractivity contribution in [3.05, 3.63) is 87.1 Å². The normalized spacial score (nSPS) is 14.8. The van der Waals surface area contributed by atoms with Gasteiger partial charge in [0.05, 0.1) is 17.8 Å². The lowest BCUT2D eigenvalue weighted by atomic mass is 10.1. The molecule has 1 fully saturated rings. The second-order valence-electron chi connectivity index (χ2n) is 7.17. The summed E-state index contributed by atoms with van der Waals surface area (Å²) in [5.74, 6) is -0.688. The summed E-state index contributed by atoms with van der Waals surface area (Å²) < 4.78 is 5.36. The van der Waals surface area contributed by atoms with Gasteiger partial charge in [-0.1, -0.05) is 36.4 Å². The standard InChI is InChI=1S/C24H14N4O4S2/c25-11-17(22-28(12-20(29)34-22)15-7-2-1-3-8-15)21(30)27-24-26-18(13-33-24)16-10-14-6-4-5-9-19(14)32-23(16)31/h1-10,13H,12H2,(H,26,27,30)/b22-17-. The van der Waals surface area contributed by atoms with Gasteiger partial charge >= 0.3 is 5.63 Å². The first-order chi connectivity index (χ1) is 16.5. The Bertz CT molecular complexity index is 1570. The lowest BCUT2D eigenvalue weighted by Crippen LogP contribution is -2.23. The summed E-state index contributed by atoms with van der Waals surface area (Å²) in [5, 5.41) is 15.0. The Morgan fingerprint density at radius 3 is 2.68 bits per heavy atom. The highest BCUT2D eigenvalue weighted by atomic mass is 32.2. The number of thiazole rings is 1. The molecule has 34 heavy (non-hydrogen) atoms. The van der Waals surface area contributed by atoms with Crippen LogP contribution in [0.5, 0.6) is 0 Å². The molecule has 0 spiro atoms. The molecule has 5 rings (SSSR count). The van der Waals surface area contributed by atoms with E-state index in [1.165, 1.54) is 0 Å². The van der Waals surface area contributed by atoms with Gasteiger partial charge in [-0.2, -0.15) is 5.26 Å². The van der Waals surface area contributed by atoms with E-state index < -0.39 is 11.5 Å². The van der Waals surface area contributed by atoms with Crippen molar-refractivity contribution in [2.24, 2.45) is 0 Å². The van der Waals surface area contributed by atoms with E-state index in [0.29, 0.717) is 17.0 Å². The molecule has 0 saturated carbocycles. The third kappa shape index (κ3) is 4.10. The Hall–Kier alpha value is -4.20. The van der Waals surface area contributed by atoms with Gasteiger partial charge in [0.25, 0.3) is 5.91 Å². The Kier molecular flexibility index (Phi) is 5.71. The van der Waals surface area contributed by atoms with Crippen LogP contribution < -0.4 is 15.8 Å². The molecule has 166 valence electrons. The highest BCUT2D eigenvalue weighted by Crippen LogP contribution is 2.36. The third-order valence-corrected chi connectivity index (χ3v) is 6.74. The van der Waals surface area contributed by atoms with Gasteiger partial charge in [-0.3, -0.25) is 14.9 Å². The van der Waals surface area contributed by atoms with Gasteiger partial charge in [-0.25, -0.2) is 9.78 Å². The summed E-state index contributed by atoms with van der Waals surface area (Å²) in [7, 11) is 0. The first kappa shape index (κ1) is 21.6. The molecule has 8 nitrogen and oxygen atoms in total. The smallest absolute Gasteiger partial charge is 0.345 e. The summed E-state index contributed by atoms with van der Waals surface area (Å²) >= 11 is 1.97. The van der Waals surface area contributed by atoms with E-state index in [1.807, 2.05) is 36.4 Å². The van der Waals surface area contributed by atoms with E-state index in [2.05, 4.69) is 10.3 Å². The Balaban J connectivity index is 1.44. The minimum atomic E-state index is -0.688. The molecular weight excluding hydrogens is 472 g/mol. The molecule has 0 radical (unpaired) electrons. The van der Waals surface area contributed by atoms with Crippen molar-refractivity contribution in [2.45, 2.75) is 0 Å². The lowest BCUT2D eigenvalue weighted by molar-refractivity contribution is -0.112. The predicted molar refractivity (Wildman–Crippen MR) is 131 cm³/mol. The van der Waals surface area contributed by atoms with Gasteiger partial charge in [0.2, 0.25) is 5.12 Å². The summed E-state index contributed by atoms with van der Waals surface area (Å²) in [5.41, 5.74) is 1.05. The molecule has 1 amide bonds. The number of fused-ring (bicyclic) bond motifs is 1. The summed E-state index contributed by atoms with van der Waals surface area (Å²) in [6, 6.07) is 19.8. The number of nitriles is 1. The minimum absolute atomic E-state index is 0.0572. The number of carbonyl (C=O) groups excluding carboxylic acids is 2. The van der Waals surface area contributed by atoms with Crippen molar-refractivity contribution in [1.82, 2.24) is 4.98 Å². The Morgan fingerprint density at radius 1 is 1.12 bits per heavy atom. The van der Waals surface area contributed by atoms with Gasteiger partial charge in [-0.05, 0) is 36.0 Å². The molecule has 1 N–H and O–H groups in total. The van der Waals surface area contributed by atoms with E-state index >= 15 is 0 Å². The van der Waals surface area contributed by atoms with E-state index in [4.69, 9.17) is 4.42 Å². The molecule has 1 aliphatic rings. The summed E-state index contributed by atoms with van der Waals surface area (Å²) in [6.45, 7) is 0.0572. The van der Waals surface area contributed by atoms with Gasteiger partial charge < -0.3 is 9.32 Å². The maximum atomic E-state index is 12.9. The van der Waals surface area contributed by atoms with Crippen molar-refractivity contribution in [1.29, 1.82) is 5.26 Å². The van der Waals surface area contributed by atoms with Crippen LogP contribution in [-0.4, -0.2) is 22.6 Å². The van der Waals surface area contributed by atoms with E-state index in [1.54, 1.807) is 40.6 Å². The molecule has 0 unspecified atom stereocenters. The number of rotatable bonds is 4. The molecule has 0 atom stereocenters. The average Bonchev–Trinajstić information content (AvgIpc) is 3.46. The zero-order valence-corrected chi connectivity index (χ0v) is 19.0. The molecule has 1 saturated heterocycles. The fourth-order valence-corrected chi connectivity index (χ4v) is 5.08. The van der Waals surface area contributed by atoms with Gasteiger partial charge in [0.15, 0.2) is 5.13 Å². The summed E-state index contributed by atoms with van der Waals surface area (Å²) in [6.07, 6.45) is 0. The first-order valence-corrected chi connectivity index (χ1v) is 11.7. The average molecular weight is 487 g/mol. The topological polar surface area (TPSA) is 116 Å². The molecule has 0 bridgehead atoms. The number of hydrogen-bond donors (Lipinski definition) is 1. The second-order valence-corrected chi connectivity index (χ2v) is 9.07. The number of aromatic nitrogens is 1. The zero-order chi connectivity index (χ0) is 23.7. The molecule has 0 aliphatic carbocycles. The van der Waals surface area contributed by atoms with Crippen LogP contribution in [0.2, 0.25) is 0 Å². The number of nitrogens with zero attached hydrogens (tertiary/aromatic N) is 3. The molecule has 4 aromatic rings. The van der Waals surface area contributed by atoms with Crippen molar-refractivity contribution >= 4 is 55.9 Å². The van der Waals surface area contributed by atoms with E-state index in [-0.39, 0.29) is 33.0 Å². The number of para-hydroxylation sites is 2. The number of hydrogen-bond acceptors (Lipinski definition) is 9. The van der Waals surface area contributed by atoms with Gasteiger partial charge in [-0.15, -0.1) is 11.3 Å². The summed E-state index contributed by atoms with van der Waals surface area (Å²) in [4.78, 5) is 43.4. The van der Waals surface area contributed by atoms with Crippen molar-refractivity contribution in [3.8, 4) is 17.3 Å². The van der Waals surface area contributed by atoms with Crippen LogP contribution in [0.15, 0.2) is 85.9 Å². The van der Waals surface area contributed by atoms with Crippen molar-refractivity contribution in [3.63, 3.8) is 0 Å². The van der Waals surface area contributed by atoms with Crippen LogP contribution in [0.1, 0.15) is 0 Å². The number of nitrogens with one attached hydrogen (secondary N) is 1. The van der Waals surface area contributed by atoms with Crippen LogP contribution in [0.25, 0.3) is 22.2 Å². The highest BCUT2D eigenvalue weighted by Gasteiger charge is 2.32. The molecule has 1 aliphatic heterocycles. The molecule has 10 heteroatoms. The minimum Gasteiger partial charge on any atom is -0.422 e. The van der Waals surface area contributed by atoms with Crippen LogP contribution in [0, 0.1) is 11.3 Å². The van der Waals surface area contributed by atoms with Crippen LogP contribution in [-0.2, 0) is 9.59 Å². The Labute approximate surface area is 201 Å². The fourth-order valence-electron chi connectivity index (χ4n) is 3.45. The number of benzene rings is 2. The molecule has 3 heterocycles. The highest BCUT2D eigenvalue weighted by molar-refractivity contribution is 8.17. The quantitative estimate of drug-likeness (QED) is 0.257. The maximum Gasteiger partial charge on any atom is 0.345 e. The lowest BCUT2D eigenvalue weighted by Gasteiger charge is -2.18. The van der Waals surface area contributed by atoms with Crippen LogP contribution >= 0.6 is 23.1 Å². The number of anilines is 2. The fraction of sp³-hybridized carbons (Fsp3) is 0.0417. The van der Waals surface area contributed by atoms with Crippen molar-refractivity contribution < 1.29 is 14.0 Å². The predicted octanol–water partition coefficient (Wildman–Crippen LogP) is 4.37.